The van der Waals surface area contributed by atoms with Crippen molar-refractivity contribution >= 4 is 21.9 Å². The Kier molecular flexibility index (Phi) is 4.51. The topological polar surface area (TPSA) is 61.1 Å². The fourth-order valence-electron chi connectivity index (χ4n) is 1.65. The Balaban J connectivity index is 3.32. The number of benzene rings is 1. The molecule has 0 spiro atoms. The van der Waals surface area contributed by atoms with Crippen LogP contribution in [0.25, 0.3) is 0 Å². The molecule has 0 saturated carbocycles. The molecule has 3 nitrogen and oxygen atoms in total. The summed E-state index contributed by atoms with van der Waals surface area (Å²) in [5.41, 5.74) is 3.08. The Bertz CT molecular complexity index is 449. The van der Waals surface area contributed by atoms with Gasteiger partial charge in [0.1, 0.15) is 0 Å². The molecule has 0 aliphatic carbocycles. The molecule has 0 aliphatic heterocycles. The van der Waals surface area contributed by atoms with Crippen LogP contribution in [-0.2, 0) is 23.0 Å². The van der Waals surface area contributed by atoms with Gasteiger partial charge in [-0.2, -0.15) is 5.26 Å². The van der Waals surface area contributed by atoms with Gasteiger partial charge in [-0.05, 0) is 23.1 Å². The van der Waals surface area contributed by atoms with E-state index < -0.39 is 5.97 Å². The van der Waals surface area contributed by atoms with Crippen LogP contribution in [0.4, 0.5) is 0 Å². The number of aliphatic carboxylic acids is 1. The van der Waals surface area contributed by atoms with E-state index >= 15 is 0 Å². The van der Waals surface area contributed by atoms with Gasteiger partial charge in [-0.15, -0.1) is 0 Å². The number of carboxylic acids is 1. The van der Waals surface area contributed by atoms with Crippen molar-refractivity contribution in [2.75, 3.05) is 0 Å². The summed E-state index contributed by atoms with van der Waals surface area (Å²) in [6.07, 6.45) is 0.732. The number of hydrogen-bond acceptors (Lipinski definition) is 2. The zero-order valence-electron chi connectivity index (χ0n) is 8.96. The van der Waals surface area contributed by atoms with E-state index in [1.165, 1.54) is 0 Å². The fraction of sp³-hybridized carbons (Fsp3) is 0.333. The maximum absolute atomic E-state index is 10.7. The Morgan fingerprint density at radius 1 is 1.50 bits per heavy atom. The van der Waals surface area contributed by atoms with Crippen molar-refractivity contribution in [1.29, 1.82) is 5.26 Å². The monoisotopic (exact) mass is 281 g/mol. The summed E-state index contributed by atoms with van der Waals surface area (Å²) in [7, 11) is 0. The van der Waals surface area contributed by atoms with Gasteiger partial charge >= 0.3 is 5.97 Å². The molecule has 0 bridgehead atoms. The van der Waals surface area contributed by atoms with Crippen LogP contribution in [0.2, 0.25) is 0 Å². The number of aryl methyl sites for hydroxylation is 1. The second-order valence-corrected chi connectivity index (χ2v) is 3.97. The number of halogens is 1. The molecular weight excluding hydrogens is 270 g/mol. The standard InChI is InChI=1S/C12H12BrNO2/c1-2-8-3-4-9(5-12(15)16)10(6-13)11(8)7-14/h3-4H,2,5-6H2,1H3,(H,15,16). The largest absolute Gasteiger partial charge is 0.481 e. The van der Waals surface area contributed by atoms with Gasteiger partial charge in [0.25, 0.3) is 0 Å². The molecule has 0 saturated heterocycles. The van der Waals surface area contributed by atoms with Gasteiger partial charge in [0.05, 0.1) is 18.1 Å². The minimum Gasteiger partial charge on any atom is -0.481 e. The molecular formula is C12H12BrNO2. The highest BCUT2D eigenvalue weighted by atomic mass is 79.9. The Hall–Kier alpha value is -1.34. The Morgan fingerprint density at radius 3 is 2.56 bits per heavy atom. The average molecular weight is 282 g/mol. The van der Waals surface area contributed by atoms with Crippen LogP contribution in [-0.4, -0.2) is 11.1 Å². The second-order valence-electron chi connectivity index (χ2n) is 3.41. The molecule has 16 heavy (non-hydrogen) atoms. The lowest BCUT2D eigenvalue weighted by atomic mass is 9.95. The summed E-state index contributed by atoms with van der Waals surface area (Å²) in [5.74, 6) is -0.879. The van der Waals surface area contributed by atoms with Gasteiger partial charge in [-0.1, -0.05) is 35.0 Å². The maximum Gasteiger partial charge on any atom is 0.307 e. The molecule has 0 amide bonds. The highest BCUT2D eigenvalue weighted by Gasteiger charge is 2.13. The summed E-state index contributed by atoms with van der Waals surface area (Å²) in [4.78, 5) is 10.7. The predicted molar refractivity (Wildman–Crippen MR) is 64.5 cm³/mol. The Labute approximate surface area is 103 Å². The van der Waals surface area contributed by atoms with E-state index in [-0.39, 0.29) is 6.42 Å². The Morgan fingerprint density at radius 2 is 2.12 bits per heavy atom. The molecule has 1 N–H and O–H groups in total. The van der Waals surface area contributed by atoms with Crippen LogP contribution in [0.15, 0.2) is 12.1 Å². The van der Waals surface area contributed by atoms with E-state index in [0.29, 0.717) is 16.5 Å². The number of carbonyl (C=O) groups is 1. The van der Waals surface area contributed by atoms with Crippen molar-refractivity contribution in [2.24, 2.45) is 0 Å². The van der Waals surface area contributed by atoms with Gasteiger partial charge in [0, 0.05) is 5.33 Å². The summed E-state index contributed by atoms with van der Waals surface area (Å²) in [6.45, 7) is 1.98. The van der Waals surface area contributed by atoms with Crippen molar-refractivity contribution in [3.8, 4) is 6.07 Å². The van der Waals surface area contributed by atoms with Gasteiger partial charge < -0.3 is 5.11 Å². The number of nitriles is 1. The van der Waals surface area contributed by atoms with Crippen molar-refractivity contribution in [2.45, 2.75) is 25.1 Å². The zero-order valence-corrected chi connectivity index (χ0v) is 10.5. The maximum atomic E-state index is 10.7. The number of rotatable bonds is 4. The second kappa shape index (κ2) is 5.66. The first-order valence-corrected chi connectivity index (χ1v) is 6.07. The van der Waals surface area contributed by atoms with Gasteiger partial charge in [-0.3, -0.25) is 4.79 Å². The molecule has 1 rings (SSSR count). The number of hydrogen-bond donors (Lipinski definition) is 1. The molecule has 4 heteroatoms. The van der Waals surface area contributed by atoms with E-state index in [1.807, 2.05) is 13.0 Å². The van der Waals surface area contributed by atoms with Crippen LogP contribution in [0.5, 0.6) is 0 Å². The van der Waals surface area contributed by atoms with Crippen LogP contribution in [0, 0.1) is 11.3 Å². The predicted octanol–water partition coefficient (Wildman–Crippen LogP) is 2.64. The van der Waals surface area contributed by atoms with E-state index in [4.69, 9.17) is 10.4 Å². The normalized spacial score (nSPS) is 9.81. The molecule has 0 aliphatic rings. The zero-order chi connectivity index (χ0) is 12.1. The molecule has 0 heterocycles. The van der Waals surface area contributed by atoms with Gasteiger partial charge in [-0.25, -0.2) is 0 Å². The number of nitrogens with zero attached hydrogens (tertiary/aromatic N) is 1. The molecule has 0 radical (unpaired) electrons. The first-order valence-electron chi connectivity index (χ1n) is 4.95. The summed E-state index contributed by atoms with van der Waals surface area (Å²) < 4.78 is 0. The SMILES string of the molecule is CCc1ccc(CC(=O)O)c(CBr)c1C#N. The molecule has 1 aromatic rings. The fourth-order valence-corrected chi connectivity index (χ4v) is 2.30. The molecule has 0 fully saturated rings. The first-order chi connectivity index (χ1) is 7.63. The third-order valence-electron chi connectivity index (χ3n) is 2.46. The third kappa shape index (κ3) is 2.61. The molecule has 0 unspecified atom stereocenters. The third-order valence-corrected chi connectivity index (χ3v) is 3.02. The highest BCUT2D eigenvalue weighted by molar-refractivity contribution is 9.08. The van der Waals surface area contributed by atoms with Crippen LogP contribution in [0.3, 0.4) is 0 Å². The highest BCUT2D eigenvalue weighted by Crippen LogP contribution is 2.22. The minimum absolute atomic E-state index is 0.0421. The lowest BCUT2D eigenvalue weighted by molar-refractivity contribution is -0.136. The molecule has 0 atom stereocenters. The number of carboxylic acid groups (broad SMARTS) is 1. The van der Waals surface area contributed by atoms with E-state index in [1.54, 1.807) is 6.07 Å². The van der Waals surface area contributed by atoms with E-state index in [9.17, 15) is 4.79 Å². The quantitative estimate of drug-likeness (QED) is 0.863. The molecule has 1 aromatic carbocycles. The summed E-state index contributed by atoms with van der Waals surface area (Å²) in [6, 6.07) is 5.79. The minimum atomic E-state index is -0.879. The summed E-state index contributed by atoms with van der Waals surface area (Å²) in [5, 5.41) is 18.4. The first kappa shape index (κ1) is 12.7. The van der Waals surface area contributed by atoms with Gasteiger partial charge in [0.15, 0.2) is 0 Å². The average Bonchev–Trinajstić information content (AvgIpc) is 2.27. The number of alkyl halides is 1. The van der Waals surface area contributed by atoms with Crippen LogP contribution >= 0.6 is 15.9 Å². The van der Waals surface area contributed by atoms with Crippen molar-refractivity contribution in [3.63, 3.8) is 0 Å². The van der Waals surface area contributed by atoms with Crippen molar-refractivity contribution < 1.29 is 9.90 Å². The van der Waals surface area contributed by atoms with E-state index in [2.05, 4.69) is 22.0 Å². The molecule has 84 valence electrons. The van der Waals surface area contributed by atoms with Crippen LogP contribution < -0.4 is 0 Å². The lowest BCUT2D eigenvalue weighted by Gasteiger charge is -2.10. The smallest absolute Gasteiger partial charge is 0.307 e. The van der Waals surface area contributed by atoms with Crippen molar-refractivity contribution in [3.05, 3.63) is 34.4 Å². The summed E-state index contributed by atoms with van der Waals surface area (Å²) >= 11 is 3.31. The van der Waals surface area contributed by atoms with E-state index in [0.717, 1.165) is 17.5 Å². The van der Waals surface area contributed by atoms with Crippen molar-refractivity contribution in [1.82, 2.24) is 0 Å². The lowest BCUT2D eigenvalue weighted by Crippen LogP contribution is -2.06. The van der Waals surface area contributed by atoms with Crippen LogP contribution in [0.1, 0.15) is 29.2 Å². The molecule has 0 aromatic heterocycles. The van der Waals surface area contributed by atoms with Gasteiger partial charge in [0.2, 0.25) is 0 Å².